The summed E-state index contributed by atoms with van der Waals surface area (Å²) in [7, 11) is 2.17. The number of ether oxygens (including phenoxy) is 1. The van der Waals surface area contributed by atoms with E-state index in [9.17, 15) is 0 Å². The molecule has 1 fully saturated rings. The molecular weight excluding hydrogens is 224 g/mol. The Balaban J connectivity index is 2.01. The number of nitrogens with two attached hydrogens (primary N) is 1. The summed E-state index contributed by atoms with van der Waals surface area (Å²) in [6, 6.07) is 8.65. The SMILES string of the molecule is CCOc1ccc(C(CN)N(C)CC2CC2)cc1. The van der Waals surface area contributed by atoms with Gasteiger partial charge in [-0.2, -0.15) is 0 Å². The molecule has 0 radical (unpaired) electrons. The van der Waals surface area contributed by atoms with Crippen molar-refractivity contribution in [2.24, 2.45) is 11.7 Å². The van der Waals surface area contributed by atoms with E-state index in [0.29, 0.717) is 19.2 Å². The number of nitrogens with zero attached hydrogens (tertiary/aromatic N) is 1. The highest BCUT2D eigenvalue weighted by molar-refractivity contribution is 5.29. The van der Waals surface area contributed by atoms with E-state index in [-0.39, 0.29) is 0 Å². The van der Waals surface area contributed by atoms with Crippen molar-refractivity contribution in [3.63, 3.8) is 0 Å². The summed E-state index contributed by atoms with van der Waals surface area (Å²) >= 11 is 0. The summed E-state index contributed by atoms with van der Waals surface area (Å²) in [5, 5.41) is 0. The molecule has 1 unspecified atom stereocenters. The van der Waals surface area contributed by atoms with Gasteiger partial charge in [-0.25, -0.2) is 0 Å². The lowest BCUT2D eigenvalue weighted by Gasteiger charge is -2.27. The van der Waals surface area contributed by atoms with Crippen molar-refractivity contribution in [2.75, 3.05) is 26.7 Å². The van der Waals surface area contributed by atoms with Crippen molar-refractivity contribution in [1.82, 2.24) is 4.90 Å². The van der Waals surface area contributed by atoms with Gasteiger partial charge in [0.1, 0.15) is 5.75 Å². The van der Waals surface area contributed by atoms with Crippen LogP contribution in [-0.2, 0) is 0 Å². The fraction of sp³-hybridized carbons (Fsp3) is 0.600. The molecule has 2 N–H and O–H groups in total. The molecule has 1 saturated carbocycles. The predicted molar refractivity (Wildman–Crippen MR) is 74.8 cm³/mol. The zero-order valence-corrected chi connectivity index (χ0v) is 11.4. The summed E-state index contributed by atoms with van der Waals surface area (Å²) in [5.41, 5.74) is 7.21. The zero-order chi connectivity index (χ0) is 13.0. The molecule has 2 rings (SSSR count). The van der Waals surface area contributed by atoms with Gasteiger partial charge in [0.25, 0.3) is 0 Å². The molecule has 0 heterocycles. The highest BCUT2D eigenvalue weighted by atomic mass is 16.5. The fourth-order valence-electron chi connectivity index (χ4n) is 2.36. The normalized spacial score (nSPS) is 16.9. The van der Waals surface area contributed by atoms with Crippen molar-refractivity contribution < 1.29 is 4.74 Å². The summed E-state index contributed by atoms with van der Waals surface area (Å²) in [5.74, 6) is 1.83. The molecule has 1 aromatic carbocycles. The van der Waals surface area contributed by atoms with E-state index in [0.717, 1.165) is 18.2 Å². The van der Waals surface area contributed by atoms with Crippen LogP contribution in [0.15, 0.2) is 24.3 Å². The standard InChI is InChI=1S/C15H24N2O/c1-3-18-14-8-6-13(7-9-14)15(10-16)17(2)11-12-4-5-12/h6-9,12,15H,3-5,10-11,16H2,1-2H3. The average Bonchev–Trinajstić information content (AvgIpc) is 3.16. The topological polar surface area (TPSA) is 38.5 Å². The Labute approximate surface area is 110 Å². The van der Waals surface area contributed by atoms with Gasteiger partial charge in [-0.05, 0) is 50.4 Å². The highest BCUT2D eigenvalue weighted by Crippen LogP contribution is 2.32. The molecule has 3 heteroatoms. The van der Waals surface area contributed by atoms with Crippen LogP contribution in [0.4, 0.5) is 0 Å². The van der Waals surface area contributed by atoms with Crippen molar-refractivity contribution in [3.05, 3.63) is 29.8 Å². The monoisotopic (exact) mass is 248 g/mol. The minimum absolute atomic E-state index is 0.321. The lowest BCUT2D eigenvalue weighted by Crippen LogP contribution is -2.32. The summed E-state index contributed by atoms with van der Waals surface area (Å²) in [6.07, 6.45) is 2.76. The Morgan fingerprint density at radius 2 is 2.00 bits per heavy atom. The van der Waals surface area contributed by atoms with Gasteiger partial charge >= 0.3 is 0 Å². The van der Waals surface area contributed by atoms with Crippen LogP contribution in [0.3, 0.4) is 0 Å². The van der Waals surface area contributed by atoms with Gasteiger partial charge < -0.3 is 10.5 Å². The second-order valence-electron chi connectivity index (χ2n) is 5.14. The number of likely N-dealkylation sites (N-methyl/N-ethyl adjacent to an activating group) is 1. The molecule has 3 nitrogen and oxygen atoms in total. The molecule has 1 atom stereocenters. The van der Waals surface area contributed by atoms with E-state index in [4.69, 9.17) is 10.5 Å². The first kappa shape index (κ1) is 13.4. The Morgan fingerprint density at radius 1 is 1.33 bits per heavy atom. The second kappa shape index (κ2) is 6.21. The molecule has 0 bridgehead atoms. The van der Waals surface area contributed by atoms with E-state index in [1.165, 1.54) is 18.4 Å². The molecular formula is C15H24N2O. The third kappa shape index (κ3) is 3.47. The Bertz CT molecular complexity index is 359. The molecule has 0 aliphatic heterocycles. The van der Waals surface area contributed by atoms with Crippen LogP contribution in [0.25, 0.3) is 0 Å². The molecule has 0 saturated heterocycles. The van der Waals surface area contributed by atoms with E-state index in [1.54, 1.807) is 0 Å². The van der Waals surface area contributed by atoms with Crippen LogP contribution in [0.1, 0.15) is 31.4 Å². The maximum atomic E-state index is 5.93. The molecule has 0 spiro atoms. The first-order valence-electron chi connectivity index (χ1n) is 6.87. The minimum atomic E-state index is 0.321. The highest BCUT2D eigenvalue weighted by Gasteiger charge is 2.26. The van der Waals surface area contributed by atoms with Gasteiger partial charge in [0, 0.05) is 19.1 Å². The van der Waals surface area contributed by atoms with E-state index < -0.39 is 0 Å². The molecule has 0 aromatic heterocycles. The number of hydrogen-bond acceptors (Lipinski definition) is 3. The van der Waals surface area contributed by atoms with Crippen LogP contribution in [0, 0.1) is 5.92 Å². The van der Waals surface area contributed by atoms with Crippen molar-refractivity contribution in [2.45, 2.75) is 25.8 Å². The van der Waals surface area contributed by atoms with E-state index in [1.807, 2.05) is 19.1 Å². The van der Waals surface area contributed by atoms with Crippen molar-refractivity contribution in [1.29, 1.82) is 0 Å². The van der Waals surface area contributed by atoms with Gasteiger partial charge in [0.2, 0.25) is 0 Å². The fourth-order valence-corrected chi connectivity index (χ4v) is 2.36. The summed E-state index contributed by atoms with van der Waals surface area (Å²) in [4.78, 5) is 2.38. The minimum Gasteiger partial charge on any atom is -0.494 e. The summed E-state index contributed by atoms with van der Waals surface area (Å²) < 4.78 is 5.46. The lowest BCUT2D eigenvalue weighted by molar-refractivity contribution is 0.240. The van der Waals surface area contributed by atoms with Gasteiger partial charge in [-0.1, -0.05) is 12.1 Å². The molecule has 1 aromatic rings. The molecule has 1 aliphatic carbocycles. The van der Waals surface area contributed by atoms with E-state index >= 15 is 0 Å². The maximum Gasteiger partial charge on any atom is 0.119 e. The predicted octanol–water partition coefficient (Wildman–Crippen LogP) is 2.43. The van der Waals surface area contributed by atoms with Crippen molar-refractivity contribution in [3.8, 4) is 5.75 Å². The largest absolute Gasteiger partial charge is 0.494 e. The third-order valence-electron chi connectivity index (χ3n) is 3.57. The lowest BCUT2D eigenvalue weighted by atomic mass is 10.1. The molecule has 0 amide bonds. The van der Waals surface area contributed by atoms with Crippen LogP contribution in [0.2, 0.25) is 0 Å². The smallest absolute Gasteiger partial charge is 0.119 e. The maximum absolute atomic E-state index is 5.93. The Hall–Kier alpha value is -1.06. The zero-order valence-electron chi connectivity index (χ0n) is 11.4. The average molecular weight is 248 g/mol. The van der Waals surface area contributed by atoms with E-state index in [2.05, 4.69) is 24.1 Å². The number of hydrogen-bond donors (Lipinski definition) is 1. The first-order valence-corrected chi connectivity index (χ1v) is 6.87. The summed E-state index contributed by atoms with van der Waals surface area (Å²) in [6.45, 7) is 4.54. The van der Waals surface area contributed by atoms with Gasteiger partial charge in [-0.15, -0.1) is 0 Å². The van der Waals surface area contributed by atoms with Gasteiger partial charge in [0.05, 0.1) is 6.61 Å². The number of rotatable bonds is 7. The van der Waals surface area contributed by atoms with Crippen LogP contribution in [0.5, 0.6) is 5.75 Å². The van der Waals surface area contributed by atoms with Crippen LogP contribution in [-0.4, -0.2) is 31.6 Å². The Morgan fingerprint density at radius 3 is 2.50 bits per heavy atom. The van der Waals surface area contributed by atoms with Crippen LogP contribution < -0.4 is 10.5 Å². The third-order valence-corrected chi connectivity index (χ3v) is 3.57. The van der Waals surface area contributed by atoms with Gasteiger partial charge in [-0.3, -0.25) is 4.90 Å². The van der Waals surface area contributed by atoms with Gasteiger partial charge in [0.15, 0.2) is 0 Å². The molecule has 100 valence electrons. The number of benzene rings is 1. The second-order valence-corrected chi connectivity index (χ2v) is 5.14. The first-order chi connectivity index (χ1) is 8.74. The van der Waals surface area contributed by atoms with Crippen molar-refractivity contribution >= 4 is 0 Å². The molecule has 1 aliphatic rings. The molecule has 18 heavy (non-hydrogen) atoms. The quantitative estimate of drug-likeness (QED) is 0.805. The Kier molecular flexibility index (Phi) is 4.61. The van der Waals surface area contributed by atoms with Crippen LogP contribution >= 0.6 is 0 Å².